The van der Waals surface area contributed by atoms with E-state index < -0.39 is 11.8 Å². The summed E-state index contributed by atoms with van der Waals surface area (Å²) >= 11 is 0. The highest BCUT2D eigenvalue weighted by molar-refractivity contribution is 5.90. The van der Waals surface area contributed by atoms with Crippen molar-refractivity contribution in [2.45, 2.75) is 20.5 Å². The van der Waals surface area contributed by atoms with Gasteiger partial charge in [0.05, 0.1) is 0 Å². The zero-order valence-electron chi connectivity index (χ0n) is 11.3. The number of halogens is 1. The largest absolute Gasteiger partial charge is 0.485 e. The van der Waals surface area contributed by atoms with Crippen LogP contribution in [0.1, 0.15) is 27.0 Å². The zero-order valence-corrected chi connectivity index (χ0v) is 11.3. The average molecular weight is 274 g/mol. The molecule has 3 nitrogen and oxygen atoms in total. The monoisotopic (exact) mass is 274 g/mol. The van der Waals surface area contributed by atoms with E-state index in [-0.39, 0.29) is 17.9 Å². The van der Waals surface area contributed by atoms with E-state index in [1.54, 1.807) is 0 Å². The van der Waals surface area contributed by atoms with Gasteiger partial charge in [-0.05, 0) is 42.7 Å². The molecule has 0 atom stereocenters. The molecule has 2 aromatic carbocycles. The summed E-state index contributed by atoms with van der Waals surface area (Å²) in [7, 11) is 0. The Morgan fingerprint density at radius 3 is 2.60 bits per heavy atom. The van der Waals surface area contributed by atoms with Crippen LogP contribution in [0, 0.1) is 19.7 Å². The molecule has 0 spiro atoms. The number of rotatable bonds is 4. The number of carbonyl (C=O) groups is 1. The van der Waals surface area contributed by atoms with Gasteiger partial charge in [-0.25, -0.2) is 9.18 Å². The smallest absolute Gasteiger partial charge is 0.339 e. The fourth-order valence-corrected chi connectivity index (χ4v) is 1.87. The number of aromatic carboxylic acids is 1. The van der Waals surface area contributed by atoms with Gasteiger partial charge in [0.25, 0.3) is 0 Å². The number of para-hydroxylation sites is 1. The predicted molar refractivity (Wildman–Crippen MR) is 73.6 cm³/mol. The predicted octanol–water partition coefficient (Wildman–Crippen LogP) is 3.72. The molecule has 0 aliphatic carbocycles. The van der Waals surface area contributed by atoms with Crippen LogP contribution in [0.4, 0.5) is 4.39 Å². The number of ether oxygens (including phenoxy) is 1. The minimum atomic E-state index is -1.21. The molecule has 0 fully saturated rings. The van der Waals surface area contributed by atoms with Gasteiger partial charge in [-0.1, -0.05) is 24.3 Å². The van der Waals surface area contributed by atoms with Gasteiger partial charge in [0.2, 0.25) is 0 Å². The van der Waals surface area contributed by atoms with Crippen molar-refractivity contribution in [1.29, 1.82) is 0 Å². The van der Waals surface area contributed by atoms with Gasteiger partial charge in [0, 0.05) is 0 Å². The van der Waals surface area contributed by atoms with Crippen molar-refractivity contribution in [3.8, 4) is 5.75 Å². The van der Waals surface area contributed by atoms with Gasteiger partial charge >= 0.3 is 5.97 Å². The van der Waals surface area contributed by atoms with Crippen LogP contribution >= 0.6 is 0 Å². The number of benzene rings is 2. The number of hydrogen-bond acceptors (Lipinski definition) is 2. The maximum Gasteiger partial charge on any atom is 0.339 e. The zero-order chi connectivity index (χ0) is 14.7. The minimum absolute atomic E-state index is 0.127. The molecule has 0 radical (unpaired) electrons. The summed E-state index contributed by atoms with van der Waals surface area (Å²) in [5.74, 6) is -2.11. The molecule has 0 unspecified atom stereocenters. The first-order valence-corrected chi connectivity index (χ1v) is 6.20. The summed E-state index contributed by atoms with van der Waals surface area (Å²) in [6.45, 7) is 4.10. The van der Waals surface area contributed by atoms with Crippen molar-refractivity contribution >= 4 is 5.97 Å². The van der Waals surface area contributed by atoms with Gasteiger partial charge in [-0.3, -0.25) is 0 Å². The average Bonchev–Trinajstić information content (AvgIpc) is 2.40. The Balaban J connectivity index is 2.22. The fraction of sp³-hybridized carbons (Fsp3) is 0.188. The molecular weight excluding hydrogens is 259 g/mol. The van der Waals surface area contributed by atoms with Crippen molar-refractivity contribution in [1.82, 2.24) is 0 Å². The Bertz CT molecular complexity index is 650. The lowest BCUT2D eigenvalue weighted by atomic mass is 10.1. The van der Waals surface area contributed by atoms with E-state index in [4.69, 9.17) is 9.84 Å². The first-order valence-electron chi connectivity index (χ1n) is 6.20. The van der Waals surface area contributed by atoms with Gasteiger partial charge in [0.15, 0.2) is 11.6 Å². The summed E-state index contributed by atoms with van der Waals surface area (Å²) in [5.41, 5.74) is 2.96. The SMILES string of the molecule is Cc1ccc(COc2c(F)cccc2C(=O)O)cc1C. The first-order chi connectivity index (χ1) is 9.49. The molecule has 20 heavy (non-hydrogen) atoms. The lowest BCUT2D eigenvalue weighted by molar-refractivity contribution is 0.0690. The van der Waals surface area contributed by atoms with E-state index in [9.17, 15) is 9.18 Å². The third kappa shape index (κ3) is 2.96. The van der Waals surface area contributed by atoms with Crippen molar-refractivity contribution in [3.63, 3.8) is 0 Å². The standard InChI is InChI=1S/C16H15FO3/c1-10-6-7-12(8-11(10)2)9-20-15-13(16(18)19)4-3-5-14(15)17/h3-8H,9H2,1-2H3,(H,18,19). The third-order valence-corrected chi connectivity index (χ3v) is 3.15. The highest BCUT2D eigenvalue weighted by Crippen LogP contribution is 2.24. The van der Waals surface area contributed by atoms with E-state index in [0.29, 0.717) is 0 Å². The van der Waals surface area contributed by atoms with Crippen LogP contribution in [0.15, 0.2) is 36.4 Å². The molecule has 0 aliphatic rings. The van der Waals surface area contributed by atoms with Gasteiger partial charge in [-0.2, -0.15) is 0 Å². The van der Waals surface area contributed by atoms with Crippen LogP contribution in [0.3, 0.4) is 0 Å². The van der Waals surface area contributed by atoms with E-state index in [1.807, 2.05) is 32.0 Å². The van der Waals surface area contributed by atoms with Crippen LogP contribution in [0.5, 0.6) is 5.75 Å². The Labute approximate surface area is 116 Å². The summed E-state index contributed by atoms with van der Waals surface area (Å²) in [5, 5.41) is 9.02. The lowest BCUT2D eigenvalue weighted by Crippen LogP contribution is -2.05. The lowest BCUT2D eigenvalue weighted by Gasteiger charge is -2.11. The molecule has 0 bridgehead atoms. The molecule has 2 rings (SSSR count). The highest BCUT2D eigenvalue weighted by Gasteiger charge is 2.15. The molecule has 0 saturated heterocycles. The number of hydrogen-bond donors (Lipinski definition) is 1. The van der Waals surface area contributed by atoms with Gasteiger partial charge in [-0.15, -0.1) is 0 Å². The molecule has 4 heteroatoms. The molecule has 0 aromatic heterocycles. The Morgan fingerprint density at radius 2 is 1.95 bits per heavy atom. The van der Waals surface area contributed by atoms with E-state index in [0.717, 1.165) is 16.7 Å². The second-order valence-corrected chi connectivity index (χ2v) is 4.63. The topological polar surface area (TPSA) is 46.5 Å². The Morgan fingerprint density at radius 1 is 1.20 bits per heavy atom. The number of carboxylic acid groups (broad SMARTS) is 1. The quantitative estimate of drug-likeness (QED) is 0.924. The minimum Gasteiger partial charge on any atom is -0.485 e. The van der Waals surface area contributed by atoms with Gasteiger partial charge in [0.1, 0.15) is 12.2 Å². The fourth-order valence-electron chi connectivity index (χ4n) is 1.87. The van der Waals surface area contributed by atoms with Crippen molar-refractivity contribution in [2.75, 3.05) is 0 Å². The summed E-state index contributed by atoms with van der Waals surface area (Å²) < 4.78 is 19.0. The molecule has 0 heterocycles. The normalized spacial score (nSPS) is 10.3. The molecular formula is C16H15FO3. The molecule has 0 aliphatic heterocycles. The molecule has 2 aromatic rings. The van der Waals surface area contributed by atoms with E-state index >= 15 is 0 Å². The summed E-state index contributed by atoms with van der Waals surface area (Å²) in [6.07, 6.45) is 0. The van der Waals surface area contributed by atoms with Crippen LogP contribution in [-0.2, 0) is 6.61 Å². The van der Waals surface area contributed by atoms with Crippen LogP contribution in [0.25, 0.3) is 0 Å². The van der Waals surface area contributed by atoms with Crippen molar-refractivity contribution in [2.24, 2.45) is 0 Å². The van der Waals surface area contributed by atoms with Crippen LogP contribution in [0.2, 0.25) is 0 Å². The van der Waals surface area contributed by atoms with Gasteiger partial charge < -0.3 is 9.84 Å². The Kier molecular flexibility index (Phi) is 4.03. The molecule has 1 N–H and O–H groups in total. The number of carboxylic acids is 1. The molecule has 0 saturated carbocycles. The summed E-state index contributed by atoms with van der Waals surface area (Å²) in [4.78, 5) is 11.0. The van der Waals surface area contributed by atoms with E-state index in [1.165, 1.54) is 18.2 Å². The Hall–Kier alpha value is -2.36. The number of aryl methyl sites for hydroxylation is 2. The molecule has 0 amide bonds. The van der Waals surface area contributed by atoms with Crippen molar-refractivity contribution in [3.05, 3.63) is 64.5 Å². The maximum absolute atomic E-state index is 13.7. The van der Waals surface area contributed by atoms with Crippen molar-refractivity contribution < 1.29 is 19.0 Å². The third-order valence-electron chi connectivity index (χ3n) is 3.15. The van der Waals surface area contributed by atoms with Crippen LogP contribution in [-0.4, -0.2) is 11.1 Å². The second-order valence-electron chi connectivity index (χ2n) is 4.63. The summed E-state index contributed by atoms with van der Waals surface area (Å²) in [6, 6.07) is 9.62. The maximum atomic E-state index is 13.7. The first kappa shape index (κ1) is 14.1. The van der Waals surface area contributed by atoms with E-state index in [2.05, 4.69) is 0 Å². The molecule has 104 valence electrons. The highest BCUT2D eigenvalue weighted by atomic mass is 19.1. The van der Waals surface area contributed by atoms with Crippen LogP contribution < -0.4 is 4.74 Å². The second kappa shape index (κ2) is 5.74.